The Balaban J connectivity index is 1.67. The molecule has 5 rings (SSSR count). The van der Waals surface area contributed by atoms with Crippen LogP contribution in [0.2, 0.25) is 0 Å². The molecule has 43 heavy (non-hydrogen) atoms. The molecular formula is C33H33N3O6S. The number of anilines is 1. The molecule has 222 valence electrons. The Morgan fingerprint density at radius 3 is 2.16 bits per heavy atom. The van der Waals surface area contributed by atoms with E-state index in [1.165, 1.54) is 32.7 Å². The summed E-state index contributed by atoms with van der Waals surface area (Å²) in [7, 11) is 6.20. The fourth-order valence-corrected chi connectivity index (χ4v) is 6.24. The van der Waals surface area contributed by atoms with E-state index < -0.39 is 6.04 Å². The van der Waals surface area contributed by atoms with E-state index in [0.29, 0.717) is 54.9 Å². The number of nitrogens with one attached hydrogen (secondary N) is 1. The first-order chi connectivity index (χ1) is 20.7. The van der Waals surface area contributed by atoms with Crippen molar-refractivity contribution < 1.29 is 23.7 Å². The van der Waals surface area contributed by atoms with E-state index in [0.717, 1.165) is 16.7 Å². The first-order valence-electron chi connectivity index (χ1n) is 13.5. The van der Waals surface area contributed by atoms with Crippen LogP contribution in [0.5, 0.6) is 23.0 Å². The number of aryl methyl sites for hydroxylation is 2. The van der Waals surface area contributed by atoms with Gasteiger partial charge < -0.3 is 24.3 Å². The molecule has 3 aromatic carbocycles. The number of fused-ring (bicyclic) bond motifs is 1. The third kappa shape index (κ3) is 5.65. The van der Waals surface area contributed by atoms with E-state index in [1.54, 1.807) is 36.8 Å². The van der Waals surface area contributed by atoms with E-state index in [4.69, 9.17) is 23.9 Å². The highest BCUT2D eigenvalue weighted by atomic mass is 32.1. The quantitative estimate of drug-likeness (QED) is 0.320. The van der Waals surface area contributed by atoms with Gasteiger partial charge in [-0.15, -0.1) is 0 Å². The van der Waals surface area contributed by atoms with Gasteiger partial charge in [0, 0.05) is 5.69 Å². The Morgan fingerprint density at radius 1 is 0.907 bits per heavy atom. The second-order valence-electron chi connectivity index (χ2n) is 10.1. The molecule has 1 aliphatic rings. The van der Waals surface area contributed by atoms with Crippen molar-refractivity contribution in [3.05, 3.63) is 108 Å². The first-order valence-corrected chi connectivity index (χ1v) is 14.4. The van der Waals surface area contributed by atoms with Crippen LogP contribution in [0.25, 0.3) is 6.08 Å². The Kier molecular flexibility index (Phi) is 8.40. The van der Waals surface area contributed by atoms with Gasteiger partial charge in [0.25, 0.3) is 11.5 Å². The van der Waals surface area contributed by atoms with Gasteiger partial charge in [-0.05, 0) is 73.9 Å². The Bertz CT molecular complexity index is 1900. The summed E-state index contributed by atoms with van der Waals surface area (Å²) in [6, 6.07) is 16.0. The number of nitrogens with zero attached hydrogens (tertiary/aromatic N) is 2. The zero-order valence-electron chi connectivity index (χ0n) is 25.1. The third-order valence-corrected chi connectivity index (χ3v) is 8.30. The maximum Gasteiger partial charge on any atom is 0.271 e. The maximum absolute atomic E-state index is 14.1. The minimum Gasteiger partial charge on any atom is -0.497 e. The lowest BCUT2D eigenvalue weighted by molar-refractivity contribution is -0.113. The predicted molar refractivity (Wildman–Crippen MR) is 167 cm³/mol. The highest BCUT2D eigenvalue weighted by molar-refractivity contribution is 7.07. The maximum atomic E-state index is 14.1. The van der Waals surface area contributed by atoms with Crippen molar-refractivity contribution in [2.45, 2.75) is 26.8 Å². The van der Waals surface area contributed by atoms with Crippen LogP contribution in [0, 0.1) is 13.8 Å². The number of hydrogen-bond acceptors (Lipinski definition) is 8. The fourth-order valence-electron chi connectivity index (χ4n) is 5.19. The number of aromatic nitrogens is 1. The summed E-state index contributed by atoms with van der Waals surface area (Å²) in [6.45, 7) is 5.74. The van der Waals surface area contributed by atoms with Crippen molar-refractivity contribution in [2.75, 3.05) is 33.8 Å². The molecule has 4 aromatic rings. The summed E-state index contributed by atoms with van der Waals surface area (Å²) in [5, 5.41) is 3.05. The number of benzene rings is 3. The molecule has 0 spiro atoms. The molecular weight excluding hydrogens is 566 g/mol. The first kappa shape index (κ1) is 29.7. The average molecular weight is 600 g/mol. The number of thiazole rings is 1. The minimum absolute atomic E-state index is 0.275. The second kappa shape index (κ2) is 12.2. The molecule has 10 heteroatoms. The smallest absolute Gasteiger partial charge is 0.271 e. The Labute approximate surface area is 253 Å². The van der Waals surface area contributed by atoms with Crippen LogP contribution >= 0.6 is 11.3 Å². The fraction of sp³-hybridized carbons (Fsp3) is 0.242. The van der Waals surface area contributed by atoms with Gasteiger partial charge in [0.1, 0.15) is 5.75 Å². The predicted octanol–water partition coefficient (Wildman–Crippen LogP) is 4.53. The molecule has 2 heterocycles. The zero-order valence-corrected chi connectivity index (χ0v) is 25.9. The van der Waals surface area contributed by atoms with Gasteiger partial charge in [-0.25, -0.2) is 4.99 Å². The number of allylic oxidation sites excluding steroid dienone is 1. The summed E-state index contributed by atoms with van der Waals surface area (Å²) >= 11 is 1.25. The van der Waals surface area contributed by atoms with Crippen LogP contribution in [-0.2, 0) is 4.79 Å². The molecule has 1 N–H and O–H groups in total. The SMILES string of the molecule is COc1ccc([C@@H]2C(C(=O)Nc3ccc(C)cc3C)=C(C)N=c3s/c(=C/c4cc(OC)c(OC)c(OC)c4)c(=O)n32)cc1. The minimum atomic E-state index is -0.713. The molecule has 1 amide bonds. The van der Waals surface area contributed by atoms with Crippen LogP contribution in [-0.4, -0.2) is 38.9 Å². The van der Waals surface area contributed by atoms with E-state index >= 15 is 0 Å². The van der Waals surface area contributed by atoms with Gasteiger partial charge in [0.05, 0.1) is 50.3 Å². The number of hydrogen-bond donors (Lipinski definition) is 1. The summed E-state index contributed by atoms with van der Waals surface area (Å²) < 4.78 is 23.8. The summed E-state index contributed by atoms with van der Waals surface area (Å²) in [6.07, 6.45) is 1.76. The summed E-state index contributed by atoms with van der Waals surface area (Å²) in [5.41, 5.74) is 4.81. The van der Waals surface area contributed by atoms with Gasteiger partial charge in [-0.2, -0.15) is 0 Å². The number of carbonyl (C=O) groups excluding carboxylic acids is 1. The van der Waals surface area contributed by atoms with Gasteiger partial charge in [0.15, 0.2) is 16.3 Å². The number of ether oxygens (including phenoxy) is 4. The highest BCUT2D eigenvalue weighted by Gasteiger charge is 2.32. The van der Waals surface area contributed by atoms with Gasteiger partial charge in [-0.1, -0.05) is 41.2 Å². The lowest BCUT2D eigenvalue weighted by atomic mass is 9.95. The third-order valence-electron chi connectivity index (χ3n) is 7.31. The van der Waals surface area contributed by atoms with E-state index in [2.05, 4.69) is 5.32 Å². The number of rotatable bonds is 8. The number of amides is 1. The van der Waals surface area contributed by atoms with Crippen molar-refractivity contribution in [3.8, 4) is 23.0 Å². The molecule has 0 aliphatic carbocycles. The van der Waals surface area contributed by atoms with Gasteiger partial charge in [-0.3, -0.25) is 14.2 Å². The van der Waals surface area contributed by atoms with Crippen LogP contribution in [0.3, 0.4) is 0 Å². The van der Waals surface area contributed by atoms with E-state index in [1.807, 2.05) is 56.3 Å². The zero-order chi connectivity index (χ0) is 30.8. The van der Waals surface area contributed by atoms with Gasteiger partial charge in [0.2, 0.25) is 5.75 Å². The topological polar surface area (TPSA) is 100 Å². The molecule has 1 aromatic heterocycles. The van der Waals surface area contributed by atoms with Crippen molar-refractivity contribution in [2.24, 2.45) is 4.99 Å². The van der Waals surface area contributed by atoms with E-state index in [-0.39, 0.29) is 11.5 Å². The molecule has 0 radical (unpaired) electrons. The Hall–Kier alpha value is -4.83. The summed E-state index contributed by atoms with van der Waals surface area (Å²) in [5.74, 6) is 1.74. The lowest BCUT2D eigenvalue weighted by Gasteiger charge is -2.25. The monoisotopic (exact) mass is 599 g/mol. The molecule has 1 atom stereocenters. The van der Waals surface area contributed by atoms with Gasteiger partial charge >= 0.3 is 0 Å². The molecule has 9 nitrogen and oxygen atoms in total. The lowest BCUT2D eigenvalue weighted by Crippen LogP contribution is -2.40. The van der Waals surface area contributed by atoms with Crippen LogP contribution < -0.4 is 39.2 Å². The molecule has 1 aliphatic heterocycles. The van der Waals surface area contributed by atoms with Crippen LogP contribution in [0.1, 0.15) is 35.2 Å². The van der Waals surface area contributed by atoms with Crippen molar-refractivity contribution >= 4 is 29.0 Å². The van der Waals surface area contributed by atoms with Crippen molar-refractivity contribution in [3.63, 3.8) is 0 Å². The Morgan fingerprint density at radius 2 is 1.58 bits per heavy atom. The standard InChI is InChI=1S/C33H33N3O6S/c1-18-8-13-24(19(2)14-18)35-31(37)28-20(3)34-33-36(29(28)22-9-11-23(39-4)12-10-22)32(38)27(43-33)17-21-15-25(40-5)30(42-7)26(16-21)41-6/h8-17,29H,1-7H3,(H,35,37)/b27-17+/t29-/m1/s1. The summed E-state index contributed by atoms with van der Waals surface area (Å²) in [4.78, 5) is 33.3. The normalized spacial score (nSPS) is 14.6. The van der Waals surface area contributed by atoms with E-state index in [9.17, 15) is 9.59 Å². The molecule has 0 saturated heterocycles. The number of carbonyl (C=O) groups is 1. The highest BCUT2D eigenvalue weighted by Crippen LogP contribution is 2.38. The molecule has 0 bridgehead atoms. The largest absolute Gasteiger partial charge is 0.497 e. The van der Waals surface area contributed by atoms with Crippen LogP contribution in [0.15, 0.2) is 75.7 Å². The molecule has 0 fully saturated rings. The molecule has 0 saturated carbocycles. The molecule has 0 unspecified atom stereocenters. The van der Waals surface area contributed by atoms with Crippen molar-refractivity contribution in [1.82, 2.24) is 4.57 Å². The van der Waals surface area contributed by atoms with Crippen molar-refractivity contribution in [1.29, 1.82) is 0 Å². The number of methoxy groups -OCH3 is 4. The average Bonchev–Trinajstić information content (AvgIpc) is 3.30. The van der Waals surface area contributed by atoms with Crippen LogP contribution in [0.4, 0.5) is 5.69 Å². The second-order valence-corrected chi connectivity index (χ2v) is 11.1.